The first kappa shape index (κ1) is 19.5. The van der Waals surface area contributed by atoms with Crippen molar-refractivity contribution in [2.24, 2.45) is 0 Å². The van der Waals surface area contributed by atoms with Gasteiger partial charge in [-0.15, -0.1) is 0 Å². The number of nitrogens with zero attached hydrogens (tertiary/aromatic N) is 4. The number of nitrogens with one attached hydrogen (secondary N) is 1. The monoisotopic (exact) mass is 399 g/mol. The number of hydrogen-bond donors (Lipinski definition) is 1. The predicted molar refractivity (Wildman–Crippen MR) is 116 cm³/mol. The maximum absolute atomic E-state index is 5.64. The third-order valence-corrected chi connectivity index (χ3v) is 7.32. The predicted octanol–water partition coefficient (Wildman–Crippen LogP) is 3.94. The maximum atomic E-state index is 5.64. The zero-order chi connectivity index (χ0) is 19.6. The number of hydrogen-bond acceptors (Lipinski definition) is 7. The molecule has 1 N–H and O–H groups in total. The van der Waals surface area contributed by atoms with Crippen LogP contribution in [0.5, 0.6) is 0 Å². The Morgan fingerprint density at radius 3 is 2.71 bits per heavy atom. The van der Waals surface area contributed by atoms with Crippen molar-refractivity contribution < 1.29 is 4.74 Å². The number of rotatable bonds is 5. The molecule has 0 bridgehead atoms. The SMILES string of the molecule is CNc1ccc(-c2nc(N3CCOCC3C)cc(C3(SC)CCCC3)n2)cn1. The lowest BCUT2D eigenvalue weighted by molar-refractivity contribution is 0.0985. The molecule has 2 fully saturated rings. The molecule has 1 unspecified atom stereocenters. The Morgan fingerprint density at radius 1 is 1.25 bits per heavy atom. The van der Waals surface area contributed by atoms with Crippen molar-refractivity contribution in [1.82, 2.24) is 15.0 Å². The van der Waals surface area contributed by atoms with E-state index in [1.807, 2.05) is 37.1 Å². The topological polar surface area (TPSA) is 63.2 Å². The molecule has 150 valence electrons. The van der Waals surface area contributed by atoms with Gasteiger partial charge in [0.05, 0.1) is 29.7 Å². The lowest BCUT2D eigenvalue weighted by Gasteiger charge is -2.35. The van der Waals surface area contributed by atoms with Crippen LogP contribution in [0.15, 0.2) is 24.4 Å². The summed E-state index contributed by atoms with van der Waals surface area (Å²) in [5.41, 5.74) is 2.12. The van der Waals surface area contributed by atoms with Gasteiger partial charge >= 0.3 is 0 Å². The summed E-state index contributed by atoms with van der Waals surface area (Å²) in [5.74, 6) is 2.62. The molecule has 3 heterocycles. The summed E-state index contributed by atoms with van der Waals surface area (Å²) in [6.45, 7) is 4.54. The normalized spacial score (nSPS) is 21.7. The van der Waals surface area contributed by atoms with E-state index in [0.717, 1.165) is 48.5 Å². The molecule has 1 saturated carbocycles. The number of pyridine rings is 1. The van der Waals surface area contributed by atoms with Gasteiger partial charge in [-0.05, 0) is 38.2 Å². The number of ether oxygens (including phenoxy) is 1. The van der Waals surface area contributed by atoms with Crippen molar-refractivity contribution in [3.05, 3.63) is 30.1 Å². The Hall–Kier alpha value is -1.86. The van der Waals surface area contributed by atoms with Crippen molar-refractivity contribution in [2.45, 2.75) is 43.4 Å². The Labute approximate surface area is 171 Å². The summed E-state index contributed by atoms with van der Waals surface area (Å²) < 4.78 is 5.74. The zero-order valence-electron chi connectivity index (χ0n) is 16.9. The van der Waals surface area contributed by atoms with Gasteiger partial charge in [0.25, 0.3) is 0 Å². The molecular weight excluding hydrogens is 370 g/mol. The first-order valence-electron chi connectivity index (χ1n) is 10.1. The minimum absolute atomic E-state index is 0.0975. The highest BCUT2D eigenvalue weighted by molar-refractivity contribution is 7.99. The van der Waals surface area contributed by atoms with Gasteiger partial charge in [-0.1, -0.05) is 12.8 Å². The smallest absolute Gasteiger partial charge is 0.163 e. The van der Waals surface area contributed by atoms with Crippen LogP contribution in [-0.4, -0.2) is 54.1 Å². The average molecular weight is 400 g/mol. The van der Waals surface area contributed by atoms with Crippen LogP contribution in [0.4, 0.5) is 11.6 Å². The van der Waals surface area contributed by atoms with Gasteiger partial charge in [0.1, 0.15) is 11.6 Å². The standard InChI is InChI=1S/C21H29N5OS/c1-15-14-27-11-10-26(15)19-12-17(21(28-3)8-4-5-9-21)24-20(25-19)16-6-7-18(22-2)23-13-16/h6-7,12-13,15H,4-5,8-11,14H2,1-3H3,(H,22,23). The molecule has 2 aromatic heterocycles. The van der Waals surface area contributed by atoms with Crippen molar-refractivity contribution in [3.63, 3.8) is 0 Å². The van der Waals surface area contributed by atoms with E-state index < -0.39 is 0 Å². The summed E-state index contributed by atoms with van der Waals surface area (Å²) in [7, 11) is 1.87. The maximum Gasteiger partial charge on any atom is 0.163 e. The second-order valence-electron chi connectivity index (χ2n) is 7.64. The Kier molecular flexibility index (Phi) is 5.73. The second-order valence-corrected chi connectivity index (χ2v) is 8.83. The van der Waals surface area contributed by atoms with E-state index in [0.29, 0.717) is 6.04 Å². The lowest BCUT2D eigenvalue weighted by atomic mass is 10.0. The molecule has 0 aromatic carbocycles. The van der Waals surface area contributed by atoms with Gasteiger partial charge in [-0.3, -0.25) is 0 Å². The van der Waals surface area contributed by atoms with Gasteiger partial charge in [0, 0.05) is 31.4 Å². The zero-order valence-corrected chi connectivity index (χ0v) is 17.8. The summed E-state index contributed by atoms with van der Waals surface area (Å²) in [6, 6.07) is 6.55. The van der Waals surface area contributed by atoms with E-state index in [1.165, 1.54) is 25.7 Å². The summed E-state index contributed by atoms with van der Waals surface area (Å²) in [6.07, 6.45) is 8.97. The fourth-order valence-electron chi connectivity index (χ4n) is 4.20. The molecular formula is C21H29N5OS. The number of aromatic nitrogens is 3. The molecule has 1 atom stereocenters. The summed E-state index contributed by atoms with van der Waals surface area (Å²) in [5, 5.41) is 3.07. The van der Waals surface area contributed by atoms with Crippen molar-refractivity contribution in [3.8, 4) is 11.4 Å². The largest absolute Gasteiger partial charge is 0.377 e. The van der Waals surface area contributed by atoms with Crippen molar-refractivity contribution in [2.75, 3.05) is 43.3 Å². The first-order chi connectivity index (χ1) is 13.6. The molecule has 6 nitrogen and oxygen atoms in total. The van der Waals surface area contributed by atoms with E-state index >= 15 is 0 Å². The first-order valence-corrected chi connectivity index (χ1v) is 11.3. The quantitative estimate of drug-likeness (QED) is 0.817. The number of thioether (sulfide) groups is 1. The Balaban J connectivity index is 1.80. The van der Waals surface area contributed by atoms with Crippen LogP contribution in [0.25, 0.3) is 11.4 Å². The average Bonchev–Trinajstić information content (AvgIpc) is 3.24. The minimum atomic E-state index is 0.0975. The summed E-state index contributed by atoms with van der Waals surface area (Å²) in [4.78, 5) is 16.8. The van der Waals surface area contributed by atoms with Crippen LogP contribution < -0.4 is 10.2 Å². The van der Waals surface area contributed by atoms with E-state index in [4.69, 9.17) is 14.7 Å². The highest BCUT2D eigenvalue weighted by atomic mass is 32.2. The third kappa shape index (κ3) is 3.70. The fourth-order valence-corrected chi connectivity index (χ4v) is 5.21. The van der Waals surface area contributed by atoms with Crippen LogP contribution in [0, 0.1) is 0 Å². The molecule has 1 aliphatic heterocycles. The molecule has 0 spiro atoms. The molecule has 1 aliphatic carbocycles. The van der Waals surface area contributed by atoms with E-state index in [-0.39, 0.29) is 4.75 Å². The van der Waals surface area contributed by atoms with Gasteiger partial charge < -0.3 is 15.0 Å². The molecule has 2 aliphatic rings. The van der Waals surface area contributed by atoms with E-state index in [1.54, 1.807) is 0 Å². The van der Waals surface area contributed by atoms with Gasteiger partial charge in [-0.2, -0.15) is 11.8 Å². The number of anilines is 2. The van der Waals surface area contributed by atoms with E-state index in [9.17, 15) is 0 Å². The van der Waals surface area contributed by atoms with Crippen LogP contribution in [0.2, 0.25) is 0 Å². The Morgan fingerprint density at radius 2 is 2.07 bits per heavy atom. The molecule has 28 heavy (non-hydrogen) atoms. The third-order valence-electron chi connectivity index (χ3n) is 5.92. The highest BCUT2D eigenvalue weighted by Crippen LogP contribution is 2.48. The molecule has 0 amide bonds. The molecule has 1 saturated heterocycles. The molecule has 2 aromatic rings. The van der Waals surface area contributed by atoms with Crippen molar-refractivity contribution in [1.29, 1.82) is 0 Å². The van der Waals surface area contributed by atoms with Crippen molar-refractivity contribution >= 4 is 23.4 Å². The van der Waals surface area contributed by atoms with Gasteiger partial charge in [-0.25, -0.2) is 15.0 Å². The van der Waals surface area contributed by atoms with Crippen LogP contribution in [0.1, 0.15) is 38.3 Å². The van der Waals surface area contributed by atoms with Gasteiger partial charge in [0.15, 0.2) is 5.82 Å². The summed E-state index contributed by atoms with van der Waals surface area (Å²) >= 11 is 1.94. The van der Waals surface area contributed by atoms with Crippen LogP contribution in [0.3, 0.4) is 0 Å². The Bertz CT molecular complexity index is 807. The second kappa shape index (κ2) is 8.25. The van der Waals surface area contributed by atoms with Gasteiger partial charge in [0.2, 0.25) is 0 Å². The van der Waals surface area contributed by atoms with Crippen LogP contribution >= 0.6 is 11.8 Å². The molecule has 7 heteroatoms. The lowest BCUT2D eigenvalue weighted by Crippen LogP contribution is -2.44. The fraction of sp³-hybridized carbons (Fsp3) is 0.571. The minimum Gasteiger partial charge on any atom is -0.377 e. The number of morpholine rings is 1. The molecule has 4 rings (SSSR count). The highest BCUT2D eigenvalue weighted by Gasteiger charge is 2.37. The van der Waals surface area contributed by atoms with E-state index in [2.05, 4.69) is 34.4 Å². The molecule has 0 radical (unpaired) electrons. The van der Waals surface area contributed by atoms with Crippen LogP contribution in [-0.2, 0) is 9.48 Å².